The van der Waals surface area contributed by atoms with E-state index < -0.39 is 5.54 Å². The molecule has 0 fully saturated rings. The lowest BCUT2D eigenvalue weighted by Crippen LogP contribution is -2.58. The normalized spacial score (nSPS) is 15.5. The van der Waals surface area contributed by atoms with Crippen LogP contribution in [0.5, 0.6) is 0 Å². The van der Waals surface area contributed by atoms with E-state index in [4.69, 9.17) is 9.47 Å². The molecule has 0 aliphatic carbocycles. The Morgan fingerprint density at radius 2 is 2.00 bits per heavy atom. The monoisotopic (exact) mass is 189 g/mol. The first-order valence-electron chi connectivity index (χ1n) is 4.31. The van der Waals surface area contributed by atoms with Crippen LogP contribution in [0.2, 0.25) is 0 Å². The summed E-state index contributed by atoms with van der Waals surface area (Å²) >= 11 is 0. The molecule has 0 spiro atoms. The van der Waals surface area contributed by atoms with Gasteiger partial charge in [0.2, 0.25) is 0 Å². The molecule has 4 heteroatoms. The van der Waals surface area contributed by atoms with Crippen molar-refractivity contribution in [3.8, 4) is 0 Å². The molecular weight excluding hydrogens is 170 g/mol. The van der Waals surface area contributed by atoms with E-state index in [0.29, 0.717) is 6.61 Å². The standard InChI is InChI=1S/C9H19NO3/c1-7(2)9(10-3,6-12-4)8(11)13-5/h7,10H,6H2,1-5H3. The molecular formula is C9H19NO3. The summed E-state index contributed by atoms with van der Waals surface area (Å²) in [5, 5.41) is 2.97. The van der Waals surface area contributed by atoms with Gasteiger partial charge in [-0.1, -0.05) is 13.8 Å². The fourth-order valence-corrected chi connectivity index (χ4v) is 1.33. The number of methoxy groups -OCH3 is 2. The first-order valence-corrected chi connectivity index (χ1v) is 4.31. The zero-order valence-electron chi connectivity index (χ0n) is 9.01. The summed E-state index contributed by atoms with van der Waals surface area (Å²) in [6.07, 6.45) is 0. The fourth-order valence-electron chi connectivity index (χ4n) is 1.33. The van der Waals surface area contributed by atoms with Crippen LogP contribution in [0.25, 0.3) is 0 Å². The van der Waals surface area contributed by atoms with Crippen LogP contribution >= 0.6 is 0 Å². The number of rotatable bonds is 5. The lowest BCUT2D eigenvalue weighted by Gasteiger charge is -2.33. The molecule has 0 amide bonds. The van der Waals surface area contributed by atoms with Crippen LogP contribution in [0, 0.1) is 5.92 Å². The number of ether oxygens (including phenoxy) is 2. The van der Waals surface area contributed by atoms with Gasteiger partial charge in [-0.05, 0) is 13.0 Å². The van der Waals surface area contributed by atoms with Gasteiger partial charge in [-0.15, -0.1) is 0 Å². The smallest absolute Gasteiger partial charge is 0.328 e. The second kappa shape index (κ2) is 5.19. The van der Waals surface area contributed by atoms with E-state index >= 15 is 0 Å². The van der Waals surface area contributed by atoms with Crippen molar-refractivity contribution in [1.82, 2.24) is 5.32 Å². The summed E-state index contributed by atoms with van der Waals surface area (Å²) in [5.41, 5.74) is -0.733. The van der Waals surface area contributed by atoms with Crippen molar-refractivity contribution in [3.63, 3.8) is 0 Å². The minimum Gasteiger partial charge on any atom is -0.468 e. The molecule has 13 heavy (non-hydrogen) atoms. The summed E-state index contributed by atoms with van der Waals surface area (Å²) in [6.45, 7) is 4.22. The first kappa shape index (κ1) is 12.4. The van der Waals surface area contributed by atoms with Gasteiger partial charge in [0.15, 0.2) is 0 Å². The molecule has 1 N–H and O–H groups in total. The number of carbonyl (C=O) groups is 1. The van der Waals surface area contributed by atoms with Crippen LogP contribution in [-0.4, -0.2) is 39.4 Å². The van der Waals surface area contributed by atoms with Gasteiger partial charge in [-0.3, -0.25) is 0 Å². The quantitative estimate of drug-likeness (QED) is 0.637. The first-order chi connectivity index (χ1) is 6.05. The number of esters is 1. The molecule has 0 aromatic rings. The van der Waals surface area contributed by atoms with Crippen LogP contribution in [0.3, 0.4) is 0 Å². The zero-order chi connectivity index (χ0) is 10.5. The van der Waals surface area contributed by atoms with E-state index in [1.165, 1.54) is 7.11 Å². The molecule has 0 saturated carbocycles. The van der Waals surface area contributed by atoms with Gasteiger partial charge in [0.25, 0.3) is 0 Å². The van der Waals surface area contributed by atoms with E-state index in [1.807, 2.05) is 13.8 Å². The van der Waals surface area contributed by atoms with Crippen molar-refractivity contribution in [2.45, 2.75) is 19.4 Å². The predicted molar refractivity (Wildman–Crippen MR) is 50.5 cm³/mol. The molecule has 4 nitrogen and oxygen atoms in total. The van der Waals surface area contributed by atoms with Gasteiger partial charge in [-0.25, -0.2) is 4.79 Å². The molecule has 0 aromatic carbocycles. The summed E-state index contributed by atoms with van der Waals surface area (Å²) in [6, 6.07) is 0. The van der Waals surface area contributed by atoms with E-state index in [1.54, 1.807) is 14.2 Å². The molecule has 0 aliphatic rings. The maximum absolute atomic E-state index is 11.5. The Labute approximate surface area is 79.6 Å². The maximum Gasteiger partial charge on any atom is 0.328 e. The number of hydrogen-bond acceptors (Lipinski definition) is 4. The Kier molecular flexibility index (Phi) is 4.95. The fraction of sp³-hybridized carbons (Fsp3) is 0.889. The van der Waals surface area contributed by atoms with Crippen molar-refractivity contribution in [1.29, 1.82) is 0 Å². The number of carbonyl (C=O) groups excluding carboxylic acids is 1. The summed E-state index contributed by atoms with van der Waals surface area (Å²) < 4.78 is 9.76. The average molecular weight is 189 g/mol. The number of nitrogens with one attached hydrogen (secondary N) is 1. The molecule has 1 atom stereocenters. The number of likely N-dealkylation sites (N-methyl/N-ethyl adjacent to an activating group) is 1. The summed E-state index contributed by atoms with van der Waals surface area (Å²) in [7, 11) is 4.68. The molecule has 78 valence electrons. The van der Waals surface area contributed by atoms with Crippen LogP contribution in [-0.2, 0) is 14.3 Å². The molecule has 0 bridgehead atoms. The maximum atomic E-state index is 11.5. The van der Waals surface area contributed by atoms with Crippen molar-refractivity contribution in [3.05, 3.63) is 0 Å². The van der Waals surface area contributed by atoms with Crippen molar-refractivity contribution < 1.29 is 14.3 Å². The third-order valence-corrected chi connectivity index (χ3v) is 2.35. The Hall–Kier alpha value is -0.610. The van der Waals surface area contributed by atoms with Crippen LogP contribution in [0.4, 0.5) is 0 Å². The second-order valence-corrected chi connectivity index (χ2v) is 3.30. The van der Waals surface area contributed by atoms with Gasteiger partial charge in [0.05, 0.1) is 13.7 Å². The topological polar surface area (TPSA) is 47.6 Å². The Morgan fingerprint density at radius 3 is 2.23 bits per heavy atom. The van der Waals surface area contributed by atoms with Crippen LogP contribution in [0.1, 0.15) is 13.8 Å². The Morgan fingerprint density at radius 1 is 1.46 bits per heavy atom. The molecule has 0 saturated heterocycles. The van der Waals surface area contributed by atoms with E-state index in [-0.39, 0.29) is 11.9 Å². The molecule has 0 rings (SSSR count). The summed E-state index contributed by atoms with van der Waals surface area (Å²) in [5.74, 6) is -0.170. The molecule has 1 unspecified atom stereocenters. The third-order valence-electron chi connectivity index (χ3n) is 2.35. The minimum absolute atomic E-state index is 0.116. The van der Waals surface area contributed by atoms with Gasteiger partial charge >= 0.3 is 5.97 Å². The van der Waals surface area contributed by atoms with Crippen LogP contribution in [0.15, 0.2) is 0 Å². The molecule has 0 heterocycles. The van der Waals surface area contributed by atoms with E-state index in [9.17, 15) is 4.79 Å². The SMILES string of the molecule is CNC(COC)(C(=O)OC)C(C)C. The molecule has 0 aromatic heterocycles. The van der Waals surface area contributed by atoms with Crippen molar-refractivity contribution in [2.75, 3.05) is 27.9 Å². The Bertz CT molecular complexity index is 170. The zero-order valence-corrected chi connectivity index (χ0v) is 9.01. The molecule has 0 aliphatic heterocycles. The number of hydrogen-bond donors (Lipinski definition) is 1. The van der Waals surface area contributed by atoms with Gasteiger partial charge in [0, 0.05) is 7.11 Å². The highest BCUT2D eigenvalue weighted by molar-refractivity contribution is 5.81. The summed E-state index contributed by atoms with van der Waals surface area (Å²) in [4.78, 5) is 11.5. The van der Waals surface area contributed by atoms with Crippen LogP contribution < -0.4 is 5.32 Å². The van der Waals surface area contributed by atoms with Gasteiger partial charge in [0.1, 0.15) is 5.54 Å². The van der Waals surface area contributed by atoms with E-state index in [0.717, 1.165) is 0 Å². The van der Waals surface area contributed by atoms with Gasteiger partial charge in [-0.2, -0.15) is 0 Å². The molecule has 0 radical (unpaired) electrons. The highest BCUT2D eigenvalue weighted by Crippen LogP contribution is 2.18. The average Bonchev–Trinajstić information content (AvgIpc) is 2.12. The van der Waals surface area contributed by atoms with Crippen molar-refractivity contribution in [2.24, 2.45) is 5.92 Å². The lowest BCUT2D eigenvalue weighted by molar-refractivity contribution is -0.153. The minimum atomic E-state index is -0.733. The highest BCUT2D eigenvalue weighted by Gasteiger charge is 2.41. The highest BCUT2D eigenvalue weighted by atomic mass is 16.5. The lowest BCUT2D eigenvalue weighted by atomic mass is 9.87. The largest absolute Gasteiger partial charge is 0.468 e. The van der Waals surface area contributed by atoms with Crippen molar-refractivity contribution >= 4 is 5.97 Å². The third kappa shape index (κ3) is 2.42. The second-order valence-electron chi connectivity index (χ2n) is 3.30. The predicted octanol–water partition coefficient (Wildman–Crippen LogP) is 0.420. The van der Waals surface area contributed by atoms with E-state index in [2.05, 4.69) is 5.32 Å². The Balaban J connectivity index is 4.74. The van der Waals surface area contributed by atoms with Gasteiger partial charge < -0.3 is 14.8 Å².